The van der Waals surface area contributed by atoms with Crippen molar-refractivity contribution in [3.63, 3.8) is 0 Å². The lowest BCUT2D eigenvalue weighted by atomic mass is 10.2. The van der Waals surface area contributed by atoms with E-state index in [0.717, 1.165) is 13.0 Å². The molecule has 0 aromatic carbocycles. The summed E-state index contributed by atoms with van der Waals surface area (Å²) < 4.78 is 0. The summed E-state index contributed by atoms with van der Waals surface area (Å²) in [5.41, 5.74) is 1.21. The Hall–Kier alpha value is -0.890. The first kappa shape index (κ1) is 7.22. The van der Waals surface area contributed by atoms with Gasteiger partial charge in [0.2, 0.25) is 0 Å². The molecule has 1 aromatic rings. The van der Waals surface area contributed by atoms with E-state index in [4.69, 9.17) is 7.05 Å². The number of hydrogen-bond acceptors (Lipinski definition) is 2. The zero-order valence-corrected chi connectivity index (χ0v) is 5.75. The molecule has 1 N–H and O–H groups in total. The molecule has 1 rings (SSSR count). The summed E-state index contributed by atoms with van der Waals surface area (Å²) in [4.78, 5) is 3.97. The number of rotatable bonds is 3. The van der Waals surface area contributed by atoms with Gasteiger partial charge in [-0.05, 0) is 24.6 Å². The van der Waals surface area contributed by atoms with Crippen molar-refractivity contribution in [1.82, 2.24) is 10.3 Å². The third-order valence-corrected chi connectivity index (χ3v) is 1.28. The molecule has 0 bridgehead atoms. The Morgan fingerprint density at radius 3 is 3.10 bits per heavy atom. The lowest BCUT2D eigenvalue weighted by Gasteiger charge is -1.96. The molecular formula is C8H10N2. The average molecular weight is 134 g/mol. The Kier molecular flexibility index (Phi) is 2.90. The van der Waals surface area contributed by atoms with Crippen molar-refractivity contribution in [3.05, 3.63) is 37.1 Å². The third-order valence-electron chi connectivity index (χ3n) is 1.28. The largest absolute Gasteiger partial charge is 0.311 e. The van der Waals surface area contributed by atoms with Crippen molar-refractivity contribution in [1.29, 1.82) is 0 Å². The van der Waals surface area contributed by atoms with Gasteiger partial charge in [-0.15, -0.1) is 0 Å². The number of hydrogen-bond donors (Lipinski definition) is 1. The highest BCUT2D eigenvalue weighted by Crippen LogP contribution is 1.94. The quantitative estimate of drug-likeness (QED) is 0.621. The molecule has 0 saturated carbocycles. The van der Waals surface area contributed by atoms with Gasteiger partial charge < -0.3 is 5.32 Å². The first-order chi connectivity index (χ1) is 4.93. The number of aromatic nitrogens is 1. The van der Waals surface area contributed by atoms with E-state index in [1.165, 1.54) is 5.56 Å². The van der Waals surface area contributed by atoms with Gasteiger partial charge in [0.05, 0.1) is 0 Å². The standard InChI is InChI=1S/C8H10N2/c1-9-6-4-8-3-2-5-10-7-8/h1-3,5,7,9H,4,6H2. The van der Waals surface area contributed by atoms with Gasteiger partial charge in [0, 0.05) is 19.4 Å². The zero-order valence-electron chi connectivity index (χ0n) is 5.75. The molecule has 0 unspecified atom stereocenters. The Morgan fingerprint density at radius 2 is 2.50 bits per heavy atom. The molecule has 1 heterocycles. The van der Waals surface area contributed by atoms with E-state index >= 15 is 0 Å². The van der Waals surface area contributed by atoms with Gasteiger partial charge in [-0.25, -0.2) is 0 Å². The summed E-state index contributed by atoms with van der Waals surface area (Å²) in [6, 6.07) is 3.95. The first-order valence-electron chi connectivity index (χ1n) is 3.26. The summed E-state index contributed by atoms with van der Waals surface area (Å²) >= 11 is 0. The molecule has 0 saturated heterocycles. The Balaban J connectivity index is 2.43. The monoisotopic (exact) mass is 134 g/mol. The zero-order chi connectivity index (χ0) is 7.23. The van der Waals surface area contributed by atoms with Crippen LogP contribution in [0.3, 0.4) is 0 Å². The van der Waals surface area contributed by atoms with Crippen molar-refractivity contribution < 1.29 is 0 Å². The molecule has 1 aromatic heterocycles. The predicted octanol–water partition coefficient (Wildman–Crippen LogP) is 0.882. The minimum Gasteiger partial charge on any atom is -0.311 e. The Bertz CT molecular complexity index is 172. The van der Waals surface area contributed by atoms with Crippen molar-refractivity contribution >= 4 is 0 Å². The normalized spacial score (nSPS) is 9.70. The minimum atomic E-state index is 0.797. The molecular weight excluding hydrogens is 124 g/mol. The van der Waals surface area contributed by atoms with Crippen LogP contribution in [-0.4, -0.2) is 11.5 Å². The minimum absolute atomic E-state index is 0.797. The van der Waals surface area contributed by atoms with Crippen LogP contribution in [-0.2, 0) is 6.42 Å². The summed E-state index contributed by atoms with van der Waals surface area (Å²) in [6.45, 7) is 0.797. The van der Waals surface area contributed by atoms with Gasteiger partial charge in [-0.1, -0.05) is 6.07 Å². The first-order valence-corrected chi connectivity index (χ1v) is 3.26. The van der Waals surface area contributed by atoms with Crippen LogP contribution in [0.1, 0.15) is 5.56 Å². The van der Waals surface area contributed by atoms with Crippen LogP contribution >= 0.6 is 0 Å². The van der Waals surface area contributed by atoms with Gasteiger partial charge in [0.1, 0.15) is 0 Å². The van der Waals surface area contributed by atoms with E-state index in [2.05, 4.69) is 10.3 Å². The van der Waals surface area contributed by atoms with E-state index in [0.29, 0.717) is 0 Å². The third kappa shape index (κ3) is 2.15. The van der Waals surface area contributed by atoms with Crippen LogP contribution in [0.2, 0.25) is 0 Å². The highest BCUT2D eigenvalue weighted by atomic mass is 14.8. The average Bonchev–Trinajstić information content (AvgIpc) is 2.03. The molecule has 0 fully saturated rings. The molecule has 0 aliphatic carbocycles. The number of pyridine rings is 1. The summed E-state index contributed by atoms with van der Waals surface area (Å²) in [6.07, 6.45) is 4.54. The molecule has 0 amide bonds. The molecule has 2 nitrogen and oxygen atoms in total. The fraction of sp³-hybridized carbons (Fsp3) is 0.250. The number of nitrogens with one attached hydrogen (secondary N) is 1. The molecule has 2 heteroatoms. The maximum absolute atomic E-state index is 5.11. The molecule has 52 valence electrons. The van der Waals surface area contributed by atoms with E-state index in [9.17, 15) is 0 Å². The Morgan fingerprint density at radius 1 is 1.60 bits per heavy atom. The summed E-state index contributed by atoms with van der Waals surface area (Å²) in [7, 11) is 5.11. The second kappa shape index (κ2) is 4.01. The summed E-state index contributed by atoms with van der Waals surface area (Å²) in [5.74, 6) is 0. The lowest BCUT2D eigenvalue weighted by Crippen LogP contribution is -2.07. The molecule has 10 heavy (non-hydrogen) atoms. The maximum atomic E-state index is 5.11. The predicted molar refractivity (Wildman–Crippen MR) is 40.2 cm³/mol. The smallest absolute Gasteiger partial charge is 0.0407 e. The highest BCUT2D eigenvalue weighted by molar-refractivity contribution is 5.08. The van der Waals surface area contributed by atoms with Crippen molar-refractivity contribution in [2.75, 3.05) is 6.54 Å². The molecule has 0 aliphatic rings. The van der Waals surface area contributed by atoms with Crippen LogP contribution in [0.5, 0.6) is 0 Å². The summed E-state index contributed by atoms with van der Waals surface area (Å²) in [5, 5.41) is 2.59. The maximum Gasteiger partial charge on any atom is 0.0407 e. The number of nitrogens with zero attached hydrogens (tertiary/aromatic N) is 1. The second-order valence-electron chi connectivity index (χ2n) is 2.07. The molecule has 2 radical (unpaired) electrons. The highest BCUT2D eigenvalue weighted by Gasteiger charge is 1.87. The van der Waals surface area contributed by atoms with Gasteiger partial charge in [-0.3, -0.25) is 4.98 Å². The van der Waals surface area contributed by atoms with Gasteiger partial charge in [0.25, 0.3) is 0 Å². The second-order valence-corrected chi connectivity index (χ2v) is 2.07. The van der Waals surface area contributed by atoms with E-state index < -0.39 is 0 Å². The molecule has 0 atom stereocenters. The van der Waals surface area contributed by atoms with Crippen LogP contribution in [0.4, 0.5) is 0 Å². The SMILES string of the molecule is [CH]NCCc1cccnc1. The van der Waals surface area contributed by atoms with Crippen LogP contribution in [0, 0.1) is 7.05 Å². The van der Waals surface area contributed by atoms with E-state index in [-0.39, 0.29) is 0 Å². The lowest BCUT2D eigenvalue weighted by molar-refractivity contribution is 0.826. The van der Waals surface area contributed by atoms with Crippen molar-refractivity contribution in [2.24, 2.45) is 0 Å². The van der Waals surface area contributed by atoms with Crippen LogP contribution < -0.4 is 5.32 Å². The van der Waals surface area contributed by atoms with E-state index in [1.54, 1.807) is 6.20 Å². The topological polar surface area (TPSA) is 24.9 Å². The Labute approximate surface area is 61.3 Å². The molecule has 0 aliphatic heterocycles. The fourth-order valence-electron chi connectivity index (χ4n) is 0.763. The van der Waals surface area contributed by atoms with Crippen LogP contribution in [0.15, 0.2) is 24.5 Å². The van der Waals surface area contributed by atoms with Crippen molar-refractivity contribution in [2.45, 2.75) is 6.42 Å². The molecule has 0 spiro atoms. The van der Waals surface area contributed by atoms with E-state index in [1.807, 2.05) is 18.3 Å². The van der Waals surface area contributed by atoms with Crippen LogP contribution in [0.25, 0.3) is 0 Å². The van der Waals surface area contributed by atoms with Gasteiger partial charge >= 0.3 is 0 Å². The van der Waals surface area contributed by atoms with Gasteiger partial charge in [-0.2, -0.15) is 0 Å². The fourth-order valence-corrected chi connectivity index (χ4v) is 0.763. The van der Waals surface area contributed by atoms with Gasteiger partial charge in [0.15, 0.2) is 0 Å². The van der Waals surface area contributed by atoms with Crippen molar-refractivity contribution in [3.8, 4) is 0 Å².